The Morgan fingerprint density at radius 3 is 1.65 bits per heavy atom. The fraction of sp³-hybridized carbons (Fsp3) is 0.478. The summed E-state index contributed by atoms with van der Waals surface area (Å²) in [6.45, 7) is 13.2. The monoisotopic (exact) mass is 356 g/mol. The first kappa shape index (κ1) is 20.2. The number of methoxy groups -OCH3 is 3. The Bertz CT molecular complexity index is 777. The van der Waals surface area contributed by atoms with E-state index in [2.05, 4.69) is 65.8 Å². The fourth-order valence-electron chi connectivity index (χ4n) is 3.02. The Kier molecular flexibility index (Phi) is 5.60. The number of ether oxygens (including phenoxy) is 3. The first-order valence-corrected chi connectivity index (χ1v) is 8.97. The number of hydrogen-bond donors (Lipinski definition) is 0. The third kappa shape index (κ3) is 4.14. The summed E-state index contributed by atoms with van der Waals surface area (Å²) >= 11 is 0. The SMILES string of the molecule is COc1cc(-c2cc(OC)cc(C(C)(C)C)c2OC)cc(C(C)(C)C)c1. The molecule has 2 rings (SSSR count). The van der Waals surface area contributed by atoms with Gasteiger partial charge in [0.05, 0.1) is 21.3 Å². The molecule has 142 valence electrons. The average molecular weight is 357 g/mol. The third-order valence-electron chi connectivity index (χ3n) is 4.63. The normalized spacial score (nSPS) is 12.0. The molecule has 0 unspecified atom stereocenters. The molecule has 0 saturated heterocycles. The highest BCUT2D eigenvalue weighted by molar-refractivity contribution is 5.76. The van der Waals surface area contributed by atoms with Gasteiger partial charge in [-0.25, -0.2) is 0 Å². The molecule has 3 heteroatoms. The van der Waals surface area contributed by atoms with Crippen molar-refractivity contribution in [2.24, 2.45) is 0 Å². The number of rotatable bonds is 4. The minimum Gasteiger partial charge on any atom is -0.497 e. The molecule has 0 aliphatic rings. The quantitative estimate of drug-likeness (QED) is 0.675. The zero-order valence-electron chi connectivity index (χ0n) is 17.6. The highest BCUT2D eigenvalue weighted by Crippen LogP contribution is 2.44. The molecule has 0 amide bonds. The second-order valence-electron chi connectivity index (χ2n) is 8.71. The van der Waals surface area contributed by atoms with Crippen molar-refractivity contribution in [1.82, 2.24) is 0 Å². The van der Waals surface area contributed by atoms with Crippen molar-refractivity contribution < 1.29 is 14.2 Å². The zero-order valence-corrected chi connectivity index (χ0v) is 17.6. The van der Waals surface area contributed by atoms with E-state index in [1.165, 1.54) is 5.56 Å². The summed E-state index contributed by atoms with van der Waals surface area (Å²) in [7, 11) is 5.13. The van der Waals surface area contributed by atoms with Crippen LogP contribution >= 0.6 is 0 Å². The molecule has 0 spiro atoms. The smallest absolute Gasteiger partial charge is 0.130 e. The van der Waals surface area contributed by atoms with Crippen LogP contribution in [0.1, 0.15) is 52.7 Å². The van der Waals surface area contributed by atoms with Crippen LogP contribution in [0.2, 0.25) is 0 Å². The van der Waals surface area contributed by atoms with Crippen molar-refractivity contribution in [1.29, 1.82) is 0 Å². The lowest BCUT2D eigenvalue weighted by Gasteiger charge is -2.26. The summed E-state index contributed by atoms with van der Waals surface area (Å²) in [5.41, 5.74) is 4.36. The molecule has 0 N–H and O–H groups in total. The van der Waals surface area contributed by atoms with Crippen LogP contribution < -0.4 is 14.2 Å². The lowest BCUT2D eigenvalue weighted by molar-refractivity contribution is 0.389. The summed E-state index contributed by atoms with van der Waals surface area (Å²) in [4.78, 5) is 0. The molecule has 3 nitrogen and oxygen atoms in total. The van der Waals surface area contributed by atoms with Crippen LogP contribution in [0, 0.1) is 0 Å². The number of hydrogen-bond acceptors (Lipinski definition) is 3. The van der Waals surface area contributed by atoms with Crippen LogP contribution in [0.5, 0.6) is 17.2 Å². The van der Waals surface area contributed by atoms with Crippen LogP contribution in [0.15, 0.2) is 30.3 Å². The van der Waals surface area contributed by atoms with Gasteiger partial charge in [0.2, 0.25) is 0 Å². The van der Waals surface area contributed by atoms with Gasteiger partial charge in [0.1, 0.15) is 17.2 Å². The third-order valence-corrected chi connectivity index (χ3v) is 4.63. The molecule has 0 bridgehead atoms. The van der Waals surface area contributed by atoms with Gasteiger partial charge in [0, 0.05) is 11.1 Å². The first-order chi connectivity index (χ1) is 12.0. The van der Waals surface area contributed by atoms with E-state index in [-0.39, 0.29) is 10.8 Å². The van der Waals surface area contributed by atoms with Crippen LogP contribution in [0.4, 0.5) is 0 Å². The summed E-state index contributed by atoms with van der Waals surface area (Å²) < 4.78 is 17.0. The van der Waals surface area contributed by atoms with Crippen molar-refractivity contribution in [3.05, 3.63) is 41.5 Å². The summed E-state index contributed by atoms with van der Waals surface area (Å²) in [6.07, 6.45) is 0. The van der Waals surface area contributed by atoms with Gasteiger partial charge in [-0.3, -0.25) is 0 Å². The predicted octanol–water partition coefficient (Wildman–Crippen LogP) is 5.97. The largest absolute Gasteiger partial charge is 0.497 e. The highest BCUT2D eigenvalue weighted by Gasteiger charge is 2.24. The van der Waals surface area contributed by atoms with E-state index < -0.39 is 0 Å². The lowest BCUT2D eigenvalue weighted by Crippen LogP contribution is -2.14. The van der Waals surface area contributed by atoms with Gasteiger partial charge in [-0.2, -0.15) is 0 Å². The molecule has 0 aliphatic heterocycles. The number of benzene rings is 2. The molecule has 0 radical (unpaired) electrons. The first-order valence-electron chi connectivity index (χ1n) is 8.97. The van der Waals surface area contributed by atoms with Crippen molar-refractivity contribution in [2.45, 2.75) is 52.4 Å². The Labute approximate surface area is 158 Å². The van der Waals surface area contributed by atoms with Gasteiger partial charge in [-0.05, 0) is 46.2 Å². The zero-order chi connectivity index (χ0) is 19.7. The van der Waals surface area contributed by atoms with Gasteiger partial charge >= 0.3 is 0 Å². The van der Waals surface area contributed by atoms with Crippen LogP contribution in [-0.4, -0.2) is 21.3 Å². The molecular formula is C23H32O3. The maximum atomic E-state index is 5.86. The van der Waals surface area contributed by atoms with Gasteiger partial charge in [0.15, 0.2) is 0 Å². The summed E-state index contributed by atoms with van der Waals surface area (Å²) in [5.74, 6) is 2.55. The Balaban J connectivity index is 2.83. The van der Waals surface area contributed by atoms with Crippen LogP contribution in [0.25, 0.3) is 11.1 Å². The average Bonchev–Trinajstić information content (AvgIpc) is 2.58. The maximum Gasteiger partial charge on any atom is 0.130 e. The van der Waals surface area contributed by atoms with Gasteiger partial charge < -0.3 is 14.2 Å². The van der Waals surface area contributed by atoms with E-state index in [0.717, 1.165) is 33.9 Å². The van der Waals surface area contributed by atoms with Crippen LogP contribution in [0.3, 0.4) is 0 Å². The van der Waals surface area contributed by atoms with E-state index in [4.69, 9.17) is 14.2 Å². The second-order valence-corrected chi connectivity index (χ2v) is 8.71. The van der Waals surface area contributed by atoms with Crippen molar-refractivity contribution in [2.75, 3.05) is 21.3 Å². The molecule has 0 atom stereocenters. The Hall–Kier alpha value is -2.16. The lowest BCUT2D eigenvalue weighted by atomic mass is 9.82. The molecule has 26 heavy (non-hydrogen) atoms. The molecule has 0 saturated carbocycles. The van der Waals surface area contributed by atoms with E-state index in [1.54, 1.807) is 21.3 Å². The van der Waals surface area contributed by atoms with Crippen molar-refractivity contribution >= 4 is 0 Å². The minimum atomic E-state index is -0.0691. The van der Waals surface area contributed by atoms with E-state index in [9.17, 15) is 0 Å². The molecule has 0 fully saturated rings. The fourth-order valence-corrected chi connectivity index (χ4v) is 3.02. The molecule has 0 aromatic heterocycles. The standard InChI is InChI=1S/C23H32O3/c1-22(2,3)16-10-15(11-17(12-16)24-7)19-13-18(25-8)14-20(21(19)26-9)23(4,5)6/h10-14H,1-9H3. The van der Waals surface area contributed by atoms with Gasteiger partial charge in [0.25, 0.3) is 0 Å². The summed E-state index contributed by atoms with van der Waals surface area (Å²) in [6, 6.07) is 10.5. The molecule has 0 heterocycles. The maximum absolute atomic E-state index is 5.86. The predicted molar refractivity (Wildman–Crippen MR) is 109 cm³/mol. The van der Waals surface area contributed by atoms with Crippen molar-refractivity contribution in [3.8, 4) is 28.4 Å². The Morgan fingerprint density at radius 2 is 1.19 bits per heavy atom. The second kappa shape index (κ2) is 7.22. The molecule has 2 aromatic carbocycles. The van der Waals surface area contributed by atoms with Crippen LogP contribution in [-0.2, 0) is 10.8 Å². The molecule has 2 aromatic rings. The topological polar surface area (TPSA) is 27.7 Å². The van der Waals surface area contributed by atoms with E-state index in [1.807, 2.05) is 6.07 Å². The van der Waals surface area contributed by atoms with E-state index in [0.29, 0.717) is 0 Å². The van der Waals surface area contributed by atoms with E-state index >= 15 is 0 Å². The molecule has 0 aliphatic carbocycles. The van der Waals surface area contributed by atoms with Crippen molar-refractivity contribution in [3.63, 3.8) is 0 Å². The molecular weight excluding hydrogens is 324 g/mol. The Morgan fingerprint density at radius 1 is 0.615 bits per heavy atom. The summed E-state index contributed by atoms with van der Waals surface area (Å²) in [5, 5.41) is 0. The van der Waals surface area contributed by atoms with Gasteiger partial charge in [-0.15, -0.1) is 0 Å². The minimum absolute atomic E-state index is 0.0161. The van der Waals surface area contributed by atoms with Gasteiger partial charge in [-0.1, -0.05) is 47.6 Å². The highest BCUT2D eigenvalue weighted by atomic mass is 16.5.